The molecule has 16 heavy (non-hydrogen) atoms. The van der Waals surface area contributed by atoms with E-state index in [1.165, 1.54) is 0 Å². The molecule has 0 amide bonds. The Kier molecular flexibility index (Phi) is 4.32. The summed E-state index contributed by atoms with van der Waals surface area (Å²) in [4.78, 5) is 0.326. The lowest BCUT2D eigenvalue weighted by Crippen LogP contribution is -2.16. The van der Waals surface area contributed by atoms with Gasteiger partial charge in [0, 0.05) is 18.3 Å². The minimum atomic E-state index is -3.21. The second-order valence-electron chi connectivity index (χ2n) is 3.93. The van der Waals surface area contributed by atoms with Crippen molar-refractivity contribution < 1.29 is 8.42 Å². The summed E-state index contributed by atoms with van der Waals surface area (Å²) < 4.78 is 23.3. The molecule has 0 atom stereocenters. The first kappa shape index (κ1) is 13.0. The van der Waals surface area contributed by atoms with E-state index in [2.05, 4.69) is 5.32 Å². The van der Waals surface area contributed by atoms with Crippen molar-refractivity contribution in [1.82, 2.24) is 0 Å². The molecule has 4 nitrogen and oxygen atoms in total. The Hall–Kier alpha value is -1.07. The van der Waals surface area contributed by atoms with Crippen molar-refractivity contribution in [3.05, 3.63) is 24.3 Å². The molecule has 0 unspecified atom stereocenters. The summed E-state index contributed by atoms with van der Waals surface area (Å²) in [5.41, 5.74) is 6.17. The van der Waals surface area contributed by atoms with Crippen molar-refractivity contribution in [2.45, 2.75) is 24.8 Å². The highest BCUT2D eigenvalue weighted by atomic mass is 32.2. The van der Waals surface area contributed by atoms with Gasteiger partial charge in [-0.3, -0.25) is 0 Å². The van der Waals surface area contributed by atoms with Crippen LogP contribution in [0.2, 0.25) is 0 Å². The van der Waals surface area contributed by atoms with Gasteiger partial charge in [-0.2, -0.15) is 0 Å². The van der Waals surface area contributed by atoms with E-state index in [-0.39, 0.29) is 12.3 Å². The summed E-state index contributed by atoms with van der Waals surface area (Å²) in [6.07, 6.45) is 0. The predicted molar refractivity (Wildman–Crippen MR) is 66.3 cm³/mol. The van der Waals surface area contributed by atoms with Crippen LogP contribution < -0.4 is 11.1 Å². The van der Waals surface area contributed by atoms with Gasteiger partial charge in [0.15, 0.2) is 9.84 Å². The molecule has 0 aliphatic carbocycles. The van der Waals surface area contributed by atoms with Crippen LogP contribution in [0.5, 0.6) is 0 Å². The van der Waals surface area contributed by atoms with Crippen molar-refractivity contribution >= 4 is 15.5 Å². The zero-order valence-electron chi connectivity index (χ0n) is 9.60. The molecule has 0 radical (unpaired) electrons. The molecule has 1 aromatic rings. The van der Waals surface area contributed by atoms with Gasteiger partial charge in [-0.05, 0) is 38.1 Å². The monoisotopic (exact) mass is 242 g/mol. The summed E-state index contributed by atoms with van der Waals surface area (Å²) >= 11 is 0. The number of hydrogen-bond donors (Lipinski definition) is 2. The largest absolute Gasteiger partial charge is 0.383 e. The summed E-state index contributed by atoms with van der Waals surface area (Å²) in [5.74, 6) is -0.00996. The molecule has 90 valence electrons. The zero-order chi connectivity index (χ0) is 12.2. The van der Waals surface area contributed by atoms with Gasteiger partial charge < -0.3 is 11.1 Å². The SMILES string of the molecule is CC(C)Nc1ccc(S(=O)(=O)CCN)cc1. The highest BCUT2D eigenvalue weighted by Crippen LogP contribution is 2.15. The molecule has 0 saturated carbocycles. The Labute approximate surface area is 96.8 Å². The van der Waals surface area contributed by atoms with Crippen molar-refractivity contribution in [3.8, 4) is 0 Å². The van der Waals surface area contributed by atoms with E-state index in [4.69, 9.17) is 5.73 Å². The third kappa shape index (κ3) is 3.50. The van der Waals surface area contributed by atoms with Crippen LogP contribution in [0.15, 0.2) is 29.2 Å². The lowest BCUT2D eigenvalue weighted by Gasteiger charge is -2.10. The highest BCUT2D eigenvalue weighted by molar-refractivity contribution is 7.91. The van der Waals surface area contributed by atoms with Crippen LogP contribution in [0.1, 0.15) is 13.8 Å². The summed E-state index contributed by atoms with van der Waals surface area (Å²) in [6.45, 7) is 4.20. The fourth-order valence-corrected chi connectivity index (χ4v) is 2.46. The Morgan fingerprint density at radius 1 is 1.25 bits per heavy atom. The smallest absolute Gasteiger partial charge is 0.179 e. The Bertz CT molecular complexity index is 424. The number of nitrogens with one attached hydrogen (secondary N) is 1. The molecular formula is C11H18N2O2S. The molecule has 0 fully saturated rings. The number of benzene rings is 1. The van der Waals surface area contributed by atoms with Crippen molar-refractivity contribution in [2.75, 3.05) is 17.6 Å². The van der Waals surface area contributed by atoms with Gasteiger partial charge in [-0.25, -0.2) is 8.42 Å². The zero-order valence-corrected chi connectivity index (χ0v) is 10.4. The van der Waals surface area contributed by atoms with Gasteiger partial charge in [0.25, 0.3) is 0 Å². The van der Waals surface area contributed by atoms with Gasteiger partial charge in [0.2, 0.25) is 0 Å². The molecular weight excluding hydrogens is 224 g/mol. The second kappa shape index (κ2) is 5.32. The topological polar surface area (TPSA) is 72.2 Å². The highest BCUT2D eigenvalue weighted by Gasteiger charge is 2.12. The van der Waals surface area contributed by atoms with E-state index in [0.29, 0.717) is 10.9 Å². The summed E-state index contributed by atoms with van der Waals surface area (Å²) in [7, 11) is -3.21. The van der Waals surface area contributed by atoms with Gasteiger partial charge in [0.1, 0.15) is 0 Å². The summed E-state index contributed by atoms with van der Waals surface area (Å²) in [5, 5.41) is 3.20. The number of hydrogen-bond acceptors (Lipinski definition) is 4. The number of nitrogens with two attached hydrogens (primary N) is 1. The van der Waals surface area contributed by atoms with E-state index in [0.717, 1.165) is 5.69 Å². The molecule has 0 aliphatic rings. The number of anilines is 1. The molecule has 0 bridgehead atoms. The number of rotatable bonds is 5. The Morgan fingerprint density at radius 3 is 2.25 bits per heavy atom. The quantitative estimate of drug-likeness (QED) is 0.815. The standard InChI is InChI=1S/C11H18N2O2S/c1-9(2)13-10-3-5-11(6-4-10)16(14,15)8-7-12/h3-6,9,13H,7-8,12H2,1-2H3. The Balaban J connectivity index is 2.87. The molecule has 0 saturated heterocycles. The van der Waals surface area contributed by atoms with Crippen LogP contribution in [-0.2, 0) is 9.84 Å². The average Bonchev–Trinajstić information content (AvgIpc) is 2.17. The normalized spacial score (nSPS) is 11.8. The maximum absolute atomic E-state index is 11.7. The molecule has 0 heterocycles. The lowest BCUT2D eigenvalue weighted by atomic mass is 10.3. The first-order chi connectivity index (χ1) is 7.45. The van der Waals surface area contributed by atoms with E-state index >= 15 is 0 Å². The van der Waals surface area contributed by atoms with E-state index in [1.807, 2.05) is 13.8 Å². The number of sulfone groups is 1. The Morgan fingerprint density at radius 2 is 1.81 bits per heavy atom. The van der Waals surface area contributed by atoms with Crippen LogP contribution in [0, 0.1) is 0 Å². The molecule has 5 heteroatoms. The minimum absolute atomic E-state index is 0.00996. The predicted octanol–water partition coefficient (Wildman–Crippen LogP) is 1.24. The van der Waals surface area contributed by atoms with Gasteiger partial charge in [-0.1, -0.05) is 0 Å². The van der Waals surface area contributed by atoms with Crippen molar-refractivity contribution in [1.29, 1.82) is 0 Å². The third-order valence-electron chi connectivity index (χ3n) is 2.06. The van der Waals surface area contributed by atoms with Crippen LogP contribution in [0.3, 0.4) is 0 Å². The maximum Gasteiger partial charge on any atom is 0.179 e. The van der Waals surface area contributed by atoms with Crippen LogP contribution in [0.25, 0.3) is 0 Å². The molecule has 0 spiro atoms. The van der Waals surface area contributed by atoms with Gasteiger partial charge in [0.05, 0.1) is 10.6 Å². The minimum Gasteiger partial charge on any atom is -0.383 e. The summed E-state index contributed by atoms with van der Waals surface area (Å²) in [6, 6.07) is 7.07. The van der Waals surface area contributed by atoms with Crippen molar-refractivity contribution in [2.24, 2.45) is 5.73 Å². The van der Waals surface area contributed by atoms with E-state index in [1.54, 1.807) is 24.3 Å². The fourth-order valence-electron chi connectivity index (χ4n) is 1.36. The fraction of sp³-hybridized carbons (Fsp3) is 0.455. The van der Waals surface area contributed by atoms with E-state index < -0.39 is 9.84 Å². The molecule has 0 aliphatic heterocycles. The van der Waals surface area contributed by atoms with Gasteiger partial charge >= 0.3 is 0 Å². The maximum atomic E-state index is 11.7. The second-order valence-corrected chi connectivity index (χ2v) is 6.04. The third-order valence-corrected chi connectivity index (χ3v) is 3.82. The average molecular weight is 242 g/mol. The van der Waals surface area contributed by atoms with Crippen molar-refractivity contribution in [3.63, 3.8) is 0 Å². The van der Waals surface area contributed by atoms with Gasteiger partial charge in [-0.15, -0.1) is 0 Å². The molecule has 0 aromatic heterocycles. The van der Waals surface area contributed by atoms with Crippen LogP contribution in [0.4, 0.5) is 5.69 Å². The molecule has 1 aromatic carbocycles. The molecule has 1 rings (SSSR count). The first-order valence-electron chi connectivity index (χ1n) is 5.25. The van der Waals surface area contributed by atoms with E-state index in [9.17, 15) is 8.42 Å². The molecule has 3 N–H and O–H groups in total. The first-order valence-corrected chi connectivity index (χ1v) is 6.90. The van der Waals surface area contributed by atoms with Crippen LogP contribution >= 0.6 is 0 Å². The van der Waals surface area contributed by atoms with Crippen LogP contribution in [-0.4, -0.2) is 26.8 Å². The lowest BCUT2D eigenvalue weighted by molar-refractivity contribution is 0.596.